The van der Waals surface area contributed by atoms with Crippen LogP contribution in [0.1, 0.15) is 17.5 Å². The molecule has 1 aromatic carbocycles. The molecule has 96 valence electrons. The van der Waals surface area contributed by atoms with Crippen LogP contribution in [-0.4, -0.2) is 25.0 Å². The van der Waals surface area contributed by atoms with E-state index in [2.05, 4.69) is 0 Å². The molecule has 2 N–H and O–H groups in total. The van der Waals surface area contributed by atoms with E-state index in [-0.39, 0.29) is 0 Å². The number of halogens is 3. The molecule has 1 aromatic rings. The Morgan fingerprint density at radius 1 is 1.29 bits per heavy atom. The van der Waals surface area contributed by atoms with Gasteiger partial charge in [-0.3, -0.25) is 0 Å². The zero-order valence-electron chi connectivity index (χ0n) is 9.80. The van der Waals surface area contributed by atoms with E-state index in [1.807, 2.05) is 11.9 Å². The van der Waals surface area contributed by atoms with Crippen molar-refractivity contribution in [1.29, 1.82) is 0 Å². The SMILES string of the molecule is CN(CCCN)Cc1cccc(C(F)(F)F)c1. The minimum absolute atomic E-state index is 0.504. The summed E-state index contributed by atoms with van der Waals surface area (Å²) in [6.45, 7) is 1.88. The predicted octanol–water partition coefficient (Wildman–Crippen LogP) is 2.49. The van der Waals surface area contributed by atoms with Crippen LogP contribution in [0.4, 0.5) is 13.2 Å². The van der Waals surface area contributed by atoms with Gasteiger partial charge in [-0.15, -0.1) is 0 Å². The summed E-state index contributed by atoms with van der Waals surface area (Å²) >= 11 is 0. The lowest BCUT2D eigenvalue weighted by atomic mass is 10.1. The molecule has 0 saturated carbocycles. The number of hydrogen-bond donors (Lipinski definition) is 1. The fraction of sp³-hybridized carbons (Fsp3) is 0.500. The molecule has 0 bridgehead atoms. The topological polar surface area (TPSA) is 29.3 Å². The highest BCUT2D eigenvalue weighted by Gasteiger charge is 2.30. The summed E-state index contributed by atoms with van der Waals surface area (Å²) in [5.74, 6) is 0. The van der Waals surface area contributed by atoms with Crippen molar-refractivity contribution in [3.63, 3.8) is 0 Å². The maximum atomic E-state index is 12.5. The smallest absolute Gasteiger partial charge is 0.330 e. The first-order chi connectivity index (χ1) is 7.93. The third kappa shape index (κ3) is 4.75. The lowest BCUT2D eigenvalue weighted by molar-refractivity contribution is -0.137. The monoisotopic (exact) mass is 246 g/mol. The van der Waals surface area contributed by atoms with E-state index < -0.39 is 11.7 Å². The summed E-state index contributed by atoms with van der Waals surface area (Å²) in [6.07, 6.45) is -3.43. The average molecular weight is 246 g/mol. The molecule has 0 spiro atoms. The maximum absolute atomic E-state index is 12.5. The number of nitrogens with two attached hydrogens (primary N) is 1. The minimum atomic E-state index is -4.27. The summed E-state index contributed by atoms with van der Waals surface area (Å²) in [7, 11) is 1.87. The Morgan fingerprint density at radius 3 is 2.59 bits per heavy atom. The van der Waals surface area contributed by atoms with Crippen molar-refractivity contribution >= 4 is 0 Å². The summed E-state index contributed by atoms with van der Waals surface area (Å²) in [4.78, 5) is 1.96. The van der Waals surface area contributed by atoms with E-state index in [4.69, 9.17) is 5.73 Å². The van der Waals surface area contributed by atoms with Crippen LogP contribution in [0, 0.1) is 0 Å². The molecule has 0 heterocycles. The predicted molar refractivity (Wildman–Crippen MR) is 61.4 cm³/mol. The highest BCUT2D eigenvalue weighted by Crippen LogP contribution is 2.29. The minimum Gasteiger partial charge on any atom is -0.330 e. The van der Waals surface area contributed by atoms with Gasteiger partial charge in [0.15, 0.2) is 0 Å². The van der Waals surface area contributed by atoms with Crippen molar-refractivity contribution in [2.24, 2.45) is 5.73 Å². The van der Waals surface area contributed by atoms with Gasteiger partial charge in [0.25, 0.3) is 0 Å². The molecule has 0 amide bonds. The summed E-state index contributed by atoms with van der Waals surface area (Å²) in [6, 6.07) is 5.42. The molecule has 0 aromatic heterocycles. The first-order valence-corrected chi connectivity index (χ1v) is 5.48. The molecule has 0 aliphatic rings. The van der Waals surface area contributed by atoms with Gasteiger partial charge < -0.3 is 10.6 Å². The van der Waals surface area contributed by atoms with Gasteiger partial charge in [0, 0.05) is 6.54 Å². The molecule has 5 heteroatoms. The Hall–Kier alpha value is -1.07. The van der Waals surface area contributed by atoms with E-state index in [0.717, 1.165) is 19.0 Å². The lowest BCUT2D eigenvalue weighted by Gasteiger charge is -2.17. The molecule has 0 saturated heterocycles. The van der Waals surface area contributed by atoms with Gasteiger partial charge in [0.05, 0.1) is 5.56 Å². The second-order valence-corrected chi connectivity index (χ2v) is 4.08. The van der Waals surface area contributed by atoms with E-state index in [1.165, 1.54) is 12.1 Å². The van der Waals surface area contributed by atoms with E-state index in [9.17, 15) is 13.2 Å². The number of nitrogens with zero attached hydrogens (tertiary/aromatic N) is 1. The number of alkyl halides is 3. The highest BCUT2D eigenvalue weighted by atomic mass is 19.4. The van der Waals surface area contributed by atoms with Crippen LogP contribution in [0.3, 0.4) is 0 Å². The Balaban J connectivity index is 2.66. The van der Waals surface area contributed by atoms with Crippen LogP contribution in [0.25, 0.3) is 0 Å². The van der Waals surface area contributed by atoms with Gasteiger partial charge in [-0.1, -0.05) is 18.2 Å². The van der Waals surface area contributed by atoms with Gasteiger partial charge >= 0.3 is 6.18 Å². The second kappa shape index (κ2) is 6.02. The second-order valence-electron chi connectivity index (χ2n) is 4.08. The van der Waals surface area contributed by atoms with Crippen LogP contribution < -0.4 is 5.73 Å². The Morgan fingerprint density at radius 2 is 2.00 bits per heavy atom. The number of benzene rings is 1. The van der Waals surface area contributed by atoms with Crippen molar-refractivity contribution in [2.45, 2.75) is 19.1 Å². The summed E-state index contributed by atoms with van der Waals surface area (Å²) in [5, 5.41) is 0. The van der Waals surface area contributed by atoms with Gasteiger partial charge in [0.1, 0.15) is 0 Å². The largest absolute Gasteiger partial charge is 0.416 e. The average Bonchev–Trinajstić information content (AvgIpc) is 2.25. The van der Waals surface area contributed by atoms with Crippen molar-refractivity contribution < 1.29 is 13.2 Å². The highest BCUT2D eigenvalue weighted by molar-refractivity contribution is 5.25. The van der Waals surface area contributed by atoms with Crippen LogP contribution in [0.2, 0.25) is 0 Å². The molecule has 1 rings (SSSR count). The molecular formula is C12H17F3N2. The fourth-order valence-corrected chi connectivity index (χ4v) is 1.60. The van der Waals surface area contributed by atoms with Gasteiger partial charge in [-0.2, -0.15) is 13.2 Å². The van der Waals surface area contributed by atoms with Gasteiger partial charge in [-0.25, -0.2) is 0 Å². The third-order valence-corrected chi connectivity index (χ3v) is 2.45. The molecule has 0 unspecified atom stereocenters. The molecular weight excluding hydrogens is 229 g/mol. The van der Waals surface area contributed by atoms with Crippen LogP contribution in [0.5, 0.6) is 0 Å². The zero-order chi connectivity index (χ0) is 12.9. The first-order valence-electron chi connectivity index (χ1n) is 5.48. The van der Waals surface area contributed by atoms with Crippen molar-refractivity contribution in [3.05, 3.63) is 35.4 Å². The third-order valence-electron chi connectivity index (χ3n) is 2.45. The van der Waals surface area contributed by atoms with Crippen molar-refractivity contribution in [3.8, 4) is 0 Å². The molecule has 0 fully saturated rings. The first kappa shape index (κ1) is 14.0. The van der Waals surface area contributed by atoms with Crippen molar-refractivity contribution in [1.82, 2.24) is 4.90 Å². The Bertz CT molecular complexity index is 350. The standard InChI is InChI=1S/C12H17F3N2/c1-17(7-3-6-16)9-10-4-2-5-11(8-10)12(13,14)15/h2,4-5,8H,3,6-7,9,16H2,1H3. The zero-order valence-corrected chi connectivity index (χ0v) is 9.80. The maximum Gasteiger partial charge on any atom is 0.416 e. The number of hydrogen-bond acceptors (Lipinski definition) is 2. The quantitative estimate of drug-likeness (QED) is 0.864. The fourth-order valence-electron chi connectivity index (χ4n) is 1.60. The molecule has 0 aliphatic carbocycles. The van der Waals surface area contributed by atoms with E-state index in [1.54, 1.807) is 6.07 Å². The number of rotatable bonds is 5. The molecule has 2 nitrogen and oxygen atoms in total. The van der Waals surface area contributed by atoms with Gasteiger partial charge in [0.2, 0.25) is 0 Å². The Kier molecular flexibility index (Phi) is 4.96. The molecule has 0 aliphatic heterocycles. The van der Waals surface area contributed by atoms with Gasteiger partial charge in [-0.05, 0) is 38.2 Å². The van der Waals surface area contributed by atoms with E-state index >= 15 is 0 Å². The Labute approximate surface area is 99.2 Å². The molecule has 0 radical (unpaired) electrons. The van der Waals surface area contributed by atoms with E-state index in [0.29, 0.717) is 18.7 Å². The van der Waals surface area contributed by atoms with Crippen LogP contribution in [-0.2, 0) is 12.7 Å². The van der Waals surface area contributed by atoms with Crippen LogP contribution in [0.15, 0.2) is 24.3 Å². The lowest BCUT2D eigenvalue weighted by Crippen LogP contribution is -2.21. The summed E-state index contributed by atoms with van der Waals surface area (Å²) in [5.41, 5.74) is 5.45. The summed E-state index contributed by atoms with van der Waals surface area (Å²) < 4.78 is 37.4. The normalized spacial score (nSPS) is 12.1. The van der Waals surface area contributed by atoms with Crippen LogP contribution >= 0.6 is 0 Å². The molecule has 17 heavy (non-hydrogen) atoms. The molecule has 0 atom stereocenters. The van der Waals surface area contributed by atoms with Crippen molar-refractivity contribution in [2.75, 3.05) is 20.1 Å².